The topological polar surface area (TPSA) is 105 Å². The maximum atomic E-state index is 13.5. The minimum absolute atomic E-state index is 0.0295. The van der Waals surface area contributed by atoms with Gasteiger partial charge in [0.25, 0.3) is 5.91 Å². The molecular formula is C25H29N5O4. The van der Waals surface area contributed by atoms with Crippen LogP contribution in [-0.2, 0) is 11.8 Å². The molecule has 0 bridgehead atoms. The van der Waals surface area contributed by atoms with Crippen LogP contribution in [0.5, 0.6) is 0 Å². The van der Waals surface area contributed by atoms with E-state index >= 15 is 0 Å². The van der Waals surface area contributed by atoms with E-state index < -0.39 is 0 Å². The smallest absolute Gasteiger partial charge is 0.290 e. The van der Waals surface area contributed by atoms with Gasteiger partial charge in [-0.05, 0) is 62.1 Å². The fourth-order valence-corrected chi connectivity index (χ4v) is 5.45. The van der Waals surface area contributed by atoms with E-state index in [1.165, 1.54) is 12.0 Å². The molecular weight excluding hydrogens is 434 g/mol. The van der Waals surface area contributed by atoms with Gasteiger partial charge in [0.1, 0.15) is 12.1 Å². The summed E-state index contributed by atoms with van der Waals surface area (Å²) in [4.78, 5) is 38.7. The van der Waals surface area contributed by atoms with Crippen LogP contribution in [0.15, 0.2) is 29.1 Å². The first kappa shape index (κ1) is 21.3. The van der Waals surface area contributed by atoms with Gasteiger partial charge >= 0.3 is 0 Å². The predicted octanol–water partition coefficient (Wildman–Crippen LogP) is 2.69. The molecule has 0 unspecified atom stereocenters. The standard InChI is InChI=1S/C25H29N5O4/c1-28-20-11-16(15-2-3-15)10-19(21-12-26-14-34-21)23(20)27-24(28)25(33)29-8-9-30(22(32)13-29)17-4-6-18(31)7-5-17/h10-12,14-15,17-18,31H,2-9,13H2,1H3. The number of hydrogen-bond donors (Lipinski definition) is 1. The second-order valence-corrected chi connectivity index (χ2v) is 9.85. The van der Waals surface area contributed by atoms with Gasteiger partial charge in [0.15, 0.2) is 18.0 Å². The molecule has 3 aliphatic rings. The molecule has 6 rings (SSSR count). The molecule has 2 aromatic heterocycles. The number of nitrogens with zero attached hydrogens (tertiary/aromatic N) is 5. The highest BCUT2D eigenvalue weighted by atomic mass is 16.3. The quantitative estimate of drug-likeness (QED) is 0.638. The number of imidazole rings is 1. The molecule has 0 spiro atoms. The van der Waals surface area contributed by atoms with Gasteiger partial charge in [-0.15, -0.1) is 0 Å². The molecule has 1 saturated heterocycles. The summed E-state index contributed by atoms with van der Waals surface area (Å²) in [7, 11) is 1.86. The monoisotopic (exact) mass is 463 g/mol. The first-order valence-corrected chi connectivity index (χ1v) is 12.2. The summed E-state index contributed by atoms with van der Waals surface area (Å²) in [6.45, 7) is 1.06. The largest absolute Gasteiger partial charge is 0.443 e. The van der Waals surface area contributed by atoms with Crippen LogP contribution in [0.4, 0.5) is 0 Å². The number of piperazine rings is 1. The number of oxazole rings is 1. The highest BCUT2D eigenvalue weighted by Crippen LogP contribution is 2.43. The molecule has 3 heterocycles. The molecule has 3 fully saturated rings. The predicted molar refractivity (Wildman–Crippen MR) is 124 cm³/mol. The van der Waals surface area contributed by atoms with Crippen molar-refractivity contribution < 1.29 is 19.1 Å². The van der Waals surface area contributed by atoms with Crippen LogP contribution >= 0.6 is 0 Å². The summed E-state index contributed by atoms with van der Waals surface area (Å²) in [6, 6.07) is 4.39. The molecule has 178 valence electrons. The Kier molecular flexibility index (Phi) is 5.17. The third-order valence-electron chi connectivity index (χ3n) is 7.60. The highest BCUT2D eigenvalue weighted by molar-refractivity contribution is 6.00. The van der Waals surface area contributed by atoms with E-state index in [2.05, 4.69) is 17.1 Å². The number of aryl methyl sites for hydroxylation is 1. The number of aliphatic hydroxyl groups excluding tert-OH is 1. The Morgan fingerprint density at radius 3 is 2.59 bits per heavy atom. The molecule has 34 heavy (non-hydrogen) atoms. The number of amides is 2. The summed E-state index contributed by atoms with van der Waals surface area (Å²) in [5, 5.41) is 9.77. The number of aromatic nitrogens is 3. The third kappa shape index (κ3) is 3.68. The molecule has 2 aliphatic carbocycles. The molecule has 1 aliphatic heterocycles. The lowest BCUT2D eigenvalue weighted by Gasteiger charge is -2.41. The third-order valence-corrected chi connectivity index (χ3v) is 7.60. The van der Waals surface area contributed by atoms with Crippen LogP contribution in [0.25, 0.3) is 22.4 Å². The van der Waals surface area contributed by atoms with Gasteiger partial charge in [-0.1, -0.05) is 0 Å². The van der Waals surface area contributed by atoms with E-state index in [4.69, 9.17) is 9.40 Å². The Balaban J connectivity index is 1.28. The number of hydrogen-bond acceptors (Lipinski definition) is 6. The minimum Gasteiger partial charge on any atom is -0.443 e. The van der Waals surface area contributed by atoms with Crippen molar-refractivity contribution >= 4 is 22.8 Å². The fourth-order valence-electron chi connectivity index (χ4n) is 5.45. The van der Waals surface area contributed by atoms with Gasteiger partial charge < -0.3 is 23.9 Å². The normalized spacial score (nSPS) is 23.6. The van der Waals surface area contributed by atoms with Gasteiger partial charge in [0, 0.05) is 31.7 Å². The lowest BCUT2D eigenvalue weighted by atomic mass is 9.91. The van der Waals surface area contributed by atoms with Gasteiger partial charge in [0.2, 0.25) is 5.91 Å². The van der Waals surface area contributed by atoms with E-state index in [0.717, 1.165) is 49.6 Å². The van der Waals surface area contributed by atoms with Crippen molar-refractivity contribution in [2.75, 3.05) is 19.6 Å². The Morgan fingerprint density at radius 2 is 1.91 bits per heavy atom. The number of rotatable bonds is 4. The maximum absolute atomic E-state index is 13.5. The number of benzene rings is 1. The molecule has 0 radical (unpaired) electrons. The van der Waals surface area contributed by atoms with E-state index in [-0.39, 0.29) is 30.5 Å². The summed E-state index contributed by atoms with van der Waals surface area (Å²) < 4.78 is 7.41. The Bertz CT molecular complexity index is 1240. The Morgan fingerprint density at radius 1 is 1.12 bits per heavy atom. The van der Waals surface area contributed by atoms with Crippen LogP contribution in [-0.4, -0.2) is 73.0 Å². The highest BCUT2D eigenvalue weighted by Gasteiger charge is 2.35. The molecule has 1 N–H and O–H groups in total. The number of carbonyl (C=O) groups is 2. The summed E-state index contributed by atoms with van der Waals surface area (Å²) in [6.07, 6.45) is 8.24. The number of aliphatic hydroxyl groups is 1. The van der Waals surface area contributed by atoms with Gasteiger partial charge in [-0.3, -0.25) is 9.59 Å². The molecule has 2 saturated carbocycles. The lowest BCUT2D eigenvalue weighted by molar-refractivity contribution is -0.138. The SMILES string of the molecule is Cn1c(C(=O)N2CCN(C3CCC(O)CC3)C(=O)C2)nc2c(-c3cnco3)cc(C3CC3)cc21. The molecule has 1 aromatic carbocycles. The van der Waals surface area contributed by atoms with Crippen LogP contribution in [0, 0.1) is 0 Å². The fraction of sp³-hybridized carbons (Fsp3) is 0.520. The van der Waals surface area contributed by atoms with E-state index in [1.54, 1.807) is 11.1 Å². The van der Waals surface area contributed by atoms with Crippen LogP contribution in [0.1, 0.15) is 60.6 Å². The second-order valence-electron chi connectivity index (χ2n) is 9.85. The average Bonchev–Trinajstić information content (AvgIpc) is 3.45. The van der Waals surface area contributed by atoms with Crippen molar-refractivity contribution in [2.45, 2.75) is 56.6 Å². The number of fused-ring (bicyclic) bond motifs is 1. The second kappa shape index (κ2) is 8.23. The summed E-state index contributed by atoms with van der Waals surface area (Å²) >= 11 is 0. The maximum Gasteiger partial charge on any atom is 0.290 e. The van der Waals surface area contributed by atoms with Crippen molar-refractivity contribution in [3.63, 3.8) is 0 Å². The van der Waals surface area contributed by atoms with E-state index in [9.17, 15) is 14.7 Å². The molecule has 3 aromatic rings. The zero-order valence-corrected chi connectivity index (χ0v) is 19.3. The van der Waals surface area contributed by atoms with Crippen LogP contribution in [0.3, 0.4) is 0 Å². The zero-order valence-electron chi connectivity index (χ0n) is 19.3. The first-order chi connectivity index (χ1) is 16.5. The Hall–Kier alpha value is -3.20. The molecule has 2 amide bonds. The van der Waals surface area contributed by atoms with E-state index in [0.29, 0.717) is 36.1 Å². The van der Waals surface area contributed by atoms with Crippen molar-refractivity contribution in [1.29, 1.82) is 0 Å². The summed E-state index contributed by atoms with van der Waals surface area (Å²) in [5.74, 6) is 1.23. The van der Waals surface area contributed by atoms with Crippen LogP contribution < -0.4 is 0 Å². The first-order valence-electron chi connectivity index (χ1n) is 12.2. The molecule has 9 nitrogen and oxygen atoms in total. The lowest BCUT2D eigenvalue weighted by Crippen LogP contribution is -2.56. The van der Waals surface area contributed by atoms with Gasteiger partial charge in [0.05, 0.1) is 17.8 Å². The van der Waals surface area contributed by atoms with Crippen molar-refractivity contribution in [3.8, 4) is 11.3 Å². The minimum atomic E-state index is -0.256. The molecule has 9 heteroatoms. The van der Waals surface area contributed by atoms with Crippen LogP contribution in [0.2, 0.25) is 0 Å². The molecule has 0 atom stereocenters. The average molecular weight is 464 g/mol. The Labute approximate surface area is 197 Å². The van der Waals surface area contributed by atoms with Crippen molar-refractivity contribution in [2.24, 2.45) is 7.05 Å². The van der Waals surface area contributed by atoms with Crippen molar-refractivity contribution in [1.82, 2.24) is 24.3 Å². The van der Waals surface area contributed by atoms with Gasteiger partial charge in [-0.25, -0.2) is 9.97 Å². The number of carbonyl (C=O) groups excluding carboxylic acids is 2. The van der Waals surface area contributed by atoms with E-state index in [1.807, 2.05) is 16.5 Å². The van der Waals surface area contributed by atoms with Gasteiger partial charge in [-0.2, -0.15) is 0 Å². The summed E-state index contributed by atoms with van der Waals surface area (Å²) in [5.41, 5.74) is 3.65. The zero-order chi connectivity index (χ0) is 23.4. The van der Waals surface area contributed by atoms with Crippen molar-refractivity contribution in [3.05, 3.63) is 36.1 Å².